The van der Waals surface area contributed by atoms with E-state index in [0.717, 1.165) is 67.9 Å². The molecule has 0 amide bonds. The molecule has 0 atom stereocenters. The van der Waals surface area contributed by atoms with Crippen LogP contribution in [0.5, 0.6) is 5.75 Å². The largest absolute Gasteiger partial charge is 0.495 e. The van der Waals surface area contributed by atoms with Gasteiger partial charge in [0.15, 0.2) is 5.96 Å². The zero-order valence-corrected chi connectivity index (χ0v) is 20.7. The Morgan fingerprint density at radius 3 is 2.61 bits per heavy atom. The number of nitrogens with zero attached hydrogens (tertiary/aromatic N) is 5. The number of rotatable bonds is 5. The lowest BCUT2D eigenvalue weighted by atomic mass is 10.2. The Kier molecular flexibility index (Phi) is 8.00. The van der Waals surface area contributed by atoms with Crippen molar-refractivity contribution < 1.29 is 4.74 Å². The van der Waals surface area contributed by atoms with Crippen molar-refractivity contribution in [1.82, 2.24) is 19.6 Å². The Hall–Kier alpha value is -2.49. The van der Waals surface area contributed by atoms with Crippen LogP contribution in [0.3, 0.4) is 0 Å². The van der Waals surface area contributed by atoms with Crippen LogP contribution >= 0.6 is 24.0 Å². The summed E-state index contributed by atoms with van der Waals surface area (Å²) >= 11 is 0. The Morgan fingerprint density at radius 2 is 1.90 bits per heavy atom. The quantitative estimate of drug-likeness (QED) is 0.310. The fourth-order valence-corrected chi connectivity index (χ4v) is 4.01. The molecule has 1 aromatic carbocycles. The highest BCUT2D eigenvalue weighted by Gasteiger charge is 2.21. The molecular weight excluding hydrogens is 503 g/mol. The number of methoxy groups -OCH3 is 1. The van der Waals surface area contributed by atoms with Crippen LogP contribution in [0.1, 0.15) is 11.3 Å². The maximum absolute atomic E-state index is 5.52. The van der Waals surface area contributed by atoms with E-state index in [1.807, 2.05) is 25.4 Å². The normalized spacial score (nSPS) is 14.5. The minimum absolute atomic E-state index is 0. The van der Waals surface area contributed by atoms with E-state index in [9.17, 15) is 0 Å². The van der Waals surface area contributed by atoms with Crippen molar-refractivity contribution >= 4 is 41.3 Å². The number of anilines is 1. The maximum Gasteiger partial charge on any atom is 0.193 e. The number of fused-ring (bicyclic) bond motifs is 1. The fourth-order valence-electron chi connectivity index (χ4n) is 4.01. The Balaban J connectivity index is 0.00000272. The number of hydrogen-bond acceptors (Lipinski definition) is 4. The van der Waals surface area contributed by atoms with Crippen LogP contribution in [0.2, 0.25) is 0 Å². The molecule has 1 N–H and O–H groups in total. The molecule has 0 bridgehead atoms. The number of aryl methyl sites for hydroxylation is 1. The highest BCUT2D eigenvalue weighted by Crippen LogP contribution is 2.28. The van der Waals surface area contributed by atoms with Crippen molar-refractivity contribution in [3.05, 3.63) is 60.0 Å². The lowest BCUT2D eigenvalue weighted by molar-refractivity contribution is 0.367. The van der Waals surface area contributed by atoms with Gasteiger partial charge < -0.3 is 24.3 Å². The number of nitrogens with one attached hydrogen (secondary N) is 1. The minimum atomic E-state index is 0. The molecule has 3 aromatic rings. The van der Waals surface area contributed by atoms with Gasteiger partial charge in [-0.05, 0) is 30.7 Å². The first kappa shape index (κ1) is 23.2. The molecule has 8 heteroatoms. The second kappa shape index (κ2) is 10.7. The number of halogens is 1. The molecule has 1 fully saturated rings. The smallest absolute Gasteiger partial charge is 0.193 e. The summed E-state index contributed by atoms with van der Waals surface area (Å²) in [6, 6.07) is 12.4. The van der Waals surface area contributed by atoms with E-state index in [2.05, 4.69) is 61.9 Å². The summed E-state index contributed by atoms with van der Waals surface area (Å²) in [4.78, 5) is 13.9. The lowest BCUT2D eigenvalue weighted by Crippen LogP contribution is -2.52. The van der Waals surface area contributed by atoms with Gasteiger partial charge in [0.05, 0.1) is 18.5 Å². The molecule has 1 saturated heterocycles. The van der Waals surface area contributed by atoms with Crippen molar-refractivity contribution in [2.75, 3.05) is 51.8 Å². The molecular formula is C23H31IN6O. The maximum atomic E-state index is 5.52. The Labute approximate surface area is 201 Å². The van der Waals surface area contributed by atoms with E-state index in [1.165, 1.54) is 5.56 Å². The molecule has 3 heterocycles. The van der Waals surface area contributed by atoms with Crippen LogP contribution in [0.4, 0.5) is 5.69 Å². The number of aromatic nitrogens is 2. The second-order valence-electron chi connectivity index (χ2n) is 7.52. The minimum Gasteiger partial charge on any atom is -0.495 e. The number of guanidine groups is 1. The number of para-hydroxylation sites is 2. The van der Waals surface area contributed by atoms with Crippen LogP contribution in [-0.2, 0) is 6.42 Å². The Bertz CT molecular complexity index is 1030. The summed E-state index contributed by atoms with van der Waals surface area (Å²) in [6.07, 6.45) is 5.02. The first-order valence-electron chi connectivity index (χ1n) is 10.5. The van der Waals surface area contributed by atoms with Crippen molar-refractivity contribution in [3.63, 3.8) is 0 Å². The van der Waals surface area contributed by atoms with Crippen LogP contribution in [-0.4, -0.2) is 67.1 Å². The third kappa shape index (κ3) is 5.23. The van der Waals surface area contributed by atoms with Gasteiger partial charge in [-0.15, -0.1) is 24.0 Å². The number of ether oxygens (including phenoxy) is 1. The number of benzene rings is 1. The van der Waals surface area contributed by atoms with Gasteiger partial charge in [-0.1, -0.05) is 18.2 Å². The Morgan fingerprint density at radius 1 is 1.13 bits per heavy atom. The lowest BCUT2D eigenvalue weighted by Gasteiger charge is -2.38. The summed E-state index contributed by atoms with van der Waals surface area (Å²) in [6.45, 7) is 6.62. The fraction of sp³-hybridized carbons (Fsp3) is 0.391. The van der Waals surface area contributed by atoms with Crippen LogP contribution in [0, 0.1) is 6.92 Å². The van der Waals surface area contributed by atoms with Gasteiger partial charge >= 0.3 is 0 Å². The van der Waals surface area contributed by atoms with Crippen molar-refractivity contribution in [3.8, 4) is 5.75 Å². The summed E-state index contributed by atoms with van der Waals surface area (Å²) in [7, 11) is 3.58. The summed E-state index contributed by atoms with van der Waals surface area (Å²) in [5.41, 5.74) is 4.47. The highest BCUT2D eigenvalue weighted by atomic mass is 127. The molecule has 2 aromatic heterocycles. The predicted octanol–water partition coefficient (Wildman–Crippen LogP) is 3.21. The van der Waals surface area contributed by atoms with E-state index < -0.39 is 0 Å². The summed E-state index contributed by atoms with van der Waals surface area (Å²) < 4.78 is 7.61. The third-order valence-corrected chi connectivity index (χ3v) is 5.61. The van der Waals surface area contributed by atoms with E-state index in [0.29, 0.717) is 0 Å². The average molecular weight is 534 g/mol. The van der Waals surface area contributed by atoms with Gasteiger partial charge in [0.25, 0.3) is 0 Å². The van der Waals surface area contributed by atoms with Crippen LogP contribution in [0.25, 0.3) is 5.65 Å². The zero-order valence-electron chi connectivity index (χ0n) is 18.4. The standard InChI is InChI=1S/C23H30N6O.HI/c1-18-7-6-12-29-17-19(26-22(18)29)10-11-25-23(24-2)28-15-13-27(14-16-28)20-8-4-5-9-21(20)30-3;/h4-9,12,17H,10-11,13-16H2,1-3H3,(H,24,25);1H. The topological polar surface area (TPSA) is 57.4 Å². The molecule has 1 aliphatic heterocycles. The SMILES string of the molecule is CN=C(NCCc1cn2cccc(C)c2n1)N1CCN(c2ccccc2OC)CC1.I. The van der Waals surface area contributed by atoms with Gasteiger partial charge in [0, 0.05) is 58.6 Å². The monoisotopic (exact) mass is 534 g/mol. The van der Waals surface area contributed by atoms with E-state index in [4.69, 9.17) is 9.72 Å². The van der Waals surface area contributed by atoms with E-state index in [1.54, 1.807) is 7.11 Å². The van der Waals surface area contributed by atoms with Crippen molar-refractivity contribution in [1.29, 1.82) is 0 Å². The number of aliphatic imine (C=N–C) groups is 1. The molecule has 0 radical (unpaired) electrons. The number of hydrogen-bond donors (Lipinski definition) is 1. The van der Waals surface area contributed by atoms with Crippen molar-refractivity contribution in [2.24, 2.45) is 4.99 Å². The molecule has 1 aliphatic rings. The van der Waals surface area contributed by atoms with Gasteiger partial charge in [-0.3, -0.25) is 4.99 Å². The molecule has 31 heavy (non-hydrogen) atoms. The summed E-state index contributed by atoms with van der Waals surface area (Å²) in [5, 5.41) is 3.51. The molecule has 0 spiro atoms. The van der Waals surface area contributed by atoms with Gasteiger partial charge in [-0.2, -0.15) is 0 Å². The highest BCUT2D eigenvalue weighted by molar-refractivity contribution is 14.0. The number of pyridine rings is 1. The first-order valence-corrected chi connectivity index (χ1v) is 10.5. The second-order valence-corrected chi connectivity index (χ2v) is 7.52. The van der Waals surface area contributed by atoms with Gasteiger partial charge in [-0.25, -0.2) is 4.98 Å². The first-order chi connectivity index (χ1) is 14.7. The number of imidazole rings is 1. The van der Waals surface area contributed by atoms with E-state index in [-0.39, 0.29) is 24.0 Å². The summed E-state index contributed by atoms with van der Waals surface area (Å²) in [5.74, 6) is 1.88. The predicted molar refractivity (Wildman–Crippen MR) is 137 cm³/mol. The van der Waals surface area contributed by atoms with Crippen molar-refractivity contribution in [2.45, 2.75) is 13.3 Å². The molecule has 0 aliphatic carbocycles. The molecule has 4 rings (SSSR count). The van der Waals surface area contributed by atoms with E-state index >= 15 is 0 Å². The van der Waals surface area contributed by atoms with Gasteiger partial charge in [0.1, 0.15) is 11.4 Å². The number of piperazine rings is 1. The van der Waals surface area contributed by atoms with Gasteiger partial charge in [0.2, 0.25) is 0 Å². The molecule has 0 unspecified atom stereocenters. The zero-order chi connectivity index (χ0) is 20.9. The average Bonchev–Trinajstić information content (AvgIpc) is 3.21. The molecule has 7 nitrogen and oxygen atoms in total. The van der Waals surface area contributed by atoms with Crippen LogP contribution in [0.15, 0.2) is 53.8 Å². The van der Waals surface area contributed by atoms with Crippen LogP contribution < -0.4 is 15.0 Å². The third-order valence-electron chi connectivity index (χ3n) is 5.61. The molecule has 166 valence electrons. The molecule has 0 saturated carbocycles.